The van der Waals surface area contributed by atoms with E-state index in [9.17, 15) is 4.79 Å². The Bertz CT molecular complexity index is 1720. The van der Waals surface area contributed by atoms with Gasteiger partial charge in [0.15, 0.2) is 0 Å². The van der Waals surface area contributed by atoms with Crippen molar-refractivity contribution in [1.82, 2.24) is 14.8 Å². The second-order valence-corrected chi connectivity index (χ2v) is 12.7. The van der Waals surface area contributed by atoms with Crippen LogP contribution in [0.5, 0.6) is 5.75 Å². The lowest BCUT2D eigenvalue weighted by atomic mass is 9.92. The molecule has 0 saturated carbocycles. The van der Waals surface area contributed by atoms with E-state index in [2.05, 4.69) is 73.8 Å². The van der Waals surface area contributed by atoms with Gasteiger partial charge in [0.2, 0.25) is 0 Å². The zero-order valence-electron chi connectivity index (χ0n) is 27.2. The monoisotopic (exact) mass is 608 g/mol. The Morgan fingerprint density at radius 1 is 1.07 bits per heavy atom. The Labute approximate surface area is 265 Å². The van der Waals surface area contributed by atoms with Gasteiger partial charge in [-0.1, -0.05) is 64.1 Å². The van der Waals surface area contributed by atoms with Crippen LogP contribution < -0.4 is 20.7 Å². The maximum atomic E-state index is 13.4. The number of amides is 2. The summed E-state index contributed by atoms with van der Waals surface area (Å²) in [5.74, 6) is 2.58. The molecule has 0 spiro atoms. The molecule has 1 aliphatic carbocycles. The number of fused-ring (bicyclic) bond motifs is 1. The molecule has 5 rings (SSSR count). The van der Waals surface area contributed by atoms with Crippen LogP contribution >= 0.6 is 0 Å². The lowest BCUT2D eigenvalue weighted by Crippen LogP contribution is -2.30. The topological polar surface area (TPSA) is 102 Å². The number of carbonyl (C=O) groups is 1. The molecule has 2 aromatic heterocycles. The molecular weight excluding hydrogens is 564 g/mol. The molecular formula is C36H44N6O3. The van der Waals surface area contributed by atoms with Gasteiger partial charge in [0.05, 0.1) is 29.2 Å². The van der Waals surface area contributed by atoms with E-state index in [1.165, 1.54) is 0 Å². The van der Waals surface area contributed by atoms with Crippen molar-refractivity contribution < 1.29 is 14.3 Å². The number of benzene rings is 2. The predicted octanol–water partition coefficient (Wildman–Crippen LogP) is 8.22. The molecule has 45 heavy (non-hydrogen) atoms. The molecule has 236 valence electrons. The number of methoxy groups -OCH3 is 1. The van der Waals surface area contributed by atoms with E-state index in [1.807, 2.05) is 66.2 Å². The van der Waals surface area contributed by atoms with Crippen LogP contribution in [0.25, 0.3) is 16.5 Å². The number of rotatable bonds is 10. The molecule has 3 atom stereocenters. The van der Waals surface area contributed by atoms with Crippen LogP contribution in [0.1, 0.15) is 59.2 Å². The van der Waals surface area contributed by atoms with E-state index < -0.39 is 0 Å². The largest absolute Gasteiger partial charge is 0.488 e. The van der Waals surface area contributed by atoms with Crippen molar-refractivity contribution in [3.63, 3.8) is 0 Å². The number of aromatic nitrogens is 3. The molecule has 4 aromatic rings. The molecule has 1 aliphatic rings. The summed E-state index contributed by atoms with van der Waals surface area (Å²) in [5, 5.41) is 16.1. The minimum atomic E-state index is -0.349. The maximum Gasteiger partial charge on any atom is 0.324 e. The number of nitrogens with zero attached hydrogens (tertiary/aromatic N) is 3. The molecule has 2 aromatic carbocycles. The molecule has 0 saturated heterocycles. The molecule has 0 radical (unpaired) electrons. The van der Waals surface area contributed by atoms with Crippen molar-refractivity contribution in [3.05, 3.63) is 90.3 Å². The van der Waals surface area contributed by atoms with Crippen molar-refractivity contribution in [3.8, 4) is 5.75 Å². The molecule has 9 nitrogen and oxygen atoms in total. The van der Waals surface area contributed by atoms with Crippen LogP contribution in [0.15, 0.2) is 79.0 Å². The van der Waals surface area contributed by atoms with Crippen LogP contribution in [0, 0.1) is 5.92 Å². The maximum absolute atomic E-state index is 13.4. The second kappa shape index (κ2) is 13.6. The van der Waals surface area contributed by atoms with Crippen LogP contribution in [0.4, 0.5) is 22.1 Å². The average Bonchev–Trinajstić information content (AvgIpc) is 3.45. The molecule has 0 fully saturated rings. The van der Waals surface area contributed by atoms with Gasteiger partial charge in [-0.2, -0.15) is 5.10 Å². The summed E-state index contributed by atoms with van der Waals surface area (Å²) >= 11 is 0. The summed E-state index contributed by atoms with van der Waals surface area (Å²) < 4.78 is 13.5. The predicted molar refractivity (Wildman–Crippen MR) is 183 cm³/mol. The van der Waals surface area contributed by atoms with E-state index >= 15 is 0 Å². The van der Waals surface area contributed by atoms with Gasteiger partial charge in [0, 0.05) is 35.6 Å². The first-order valence-electron chi connectivity index (χ1n) is 15.5. The Kier molecular flexibility index (Phi) is 9.58. The first kappa shape index (κ1) is 31.8. The zero-order chi connectivity index (χ0) is 32.1. The Hall–Kier alpha value is -4.63. The number of hydrogen-bond acceptors (Lipinski definition) is 6. The summed E-state index contributed by atoms with van der Waals surface area (Å²) in [6, 6.07) is 17.3. The van der Waals surface area contributed by atoms with Crippen LogP contribution in [-0.4, -0.2) is 40.1 Å². The lowest BCUT2D eigenvalue weighted by molar-refractivity contribution is 0.106. The summed E-state index contributed by atoms with van der Waals surface area (Å²) in [6.45, 7) is 13.0. The molecule has 0 aliphatic heterocycles. The first-order valence-corrected chi connectivity index (χ1v) is 15.5. The fourth-order valence-corrected chi connectivity index (χ4v) is 5.04. The molecule has 2 unspecified atom stereocenters. The number of pyridine rings is 1. The van der Waals surface area contributed by atoms with Gasteiger partial charge < -0.3 is 20.1 Å². The Morgan fingerprint density at radius 3 is 2.56 bits per heavy atom. The van der Waals surface area contributed by atoms with Crippen molar-refractivity contribution in [2.24, 2.45) is 5.92 Å². The smallest absolute Gasteiger partial charge is 0.324 e. The number of hydrogen-bond donors (Lipinski definition) is 3. The zero-order valence-corrected chi connectivity index (χ0v) is 27.2. The van der Waals surface area contributed by atoms with Gasteiger partial charge in [0.1, 0.15) is 24.0 Å². The summed E-state index contributed by atoms with van der Waals surface area (Å²) in [5.41, 5.74) is 3.33. The Balaban J connectivity index is 1.32. The second-order valence-electron chi connectivity index (χ2n) is 12.7. The van der Waals surface area contributed by atoms with Gasteiger partial charge in [0.25, 0.3) is 0 Å². The highest BCUT2D eigenvalue weighted by Gasteiger charge is 2.23. The fraction of sp³-hybridized carbons (Fsp3) is 0.361. The third-order valence-electron chi connectivity index (χ3n) is 8.06. The molecule has 2 heterocycles. The quantitative estimate of drug-likeness (QED) is 0.168. The van der Waals surface area contributed by atoms with Gasteiger partial charge in [-0.25, -0.2) is 14.5 Å². The molecule has 2 amide bonds. The minimum Gasteiger partial charge on any atom is -0.488 e. The van der Waals surface area contributed by atoms with Crippen molar-refractivity contribution in [2.75, 3.05) is 23.1 Å². The van der Waals surface area contributed by atoms with Crippen molar-refractivity contribution in [1.29, 1.82) is 0 Å². The third-order valence-corrected chi connectivity index (χ3v) is 8.06. The van der Waals surface area contributed by atoms with E-state index in [1.54, 1.807) is 13.3 Å². The number of allylic oxidation sites excluding steroid dienone is 4. The normalized spacial score (nSPS) is 16.2. The highest BCUT2D eigenvalue weighted by atomic mass is 16.5. The van der Waals surface area contributed by atoms with Gasteiger partial charge >= 0.3 is 6.03 Å². The number of nitrogens with one attached hydrogen (secondary N) is 3. The SMILES string of the molecule is CO[C@@H](C)C(C)Nc1cc(COc2ccc(NC(=O)Nc3cc(C(C)(C)C)nn3C3=CCC(C)C=C3)c3ccccc23)ccn1. The summed E-state index contributed by atoms with van der Waals surface area (Å²) in [7, 11) is 1.70. The average molecular weight is 609 g/mol. The first-order chi connectivity index (χ1) is 21.5. The van der Waals surface area contributed by atoms with Crippen molar-refractivity contribution >= 4 is 39.8 Å². The van der Waals surface area contributed by atoms with E-state index in [0.29, 0.717) is 24.0 Å². The number of anilines is 3. The van der Waals surface area contributed by atoms with Crippen LogP contribution in [-0.2, 0) is 16.8 Å². The minimum absolute atomic E-state index is 0.0470. The third kappa shape index (κ3) is 7.72. The number of ether oxygens (including phenoxy) is 2. The summed E-state index contributed by atoms with van der Waals surface area (Å²) in [6.07, 6.45) is 9.13. The summed E-state index contributed by atoms with van der Waals surface area (Å²) in [4.78, 5) is 17.8. The Morgan fingerprint density at radius 2 is 1.84 bits per heavy atom. The lowest BCUT2D eigenvalue weighted by Gasteiger charge is -2.20. The fourth-order valence-electron chi connectivity index (χ4n) is 5.04. The standard InChI is InChI=1S/C36H44N6O3/c1-23-12-14-27(15-13-23)42-34(21-32(41-42)36(4,5)6)40-35(43)39-30-16-17-31(29-11-9-8-10-28(29)30)45-22-26-18-19-37-33(20-26)38-24(2)25(3)44-7/h8-12,14-21,23-25H,13,22H2,1-7H3,(H,37,38)(H2,39,40,43)/t23?,24?,25-/m0/s1. The number of carbonyl (C=O) groups excluding carboxylic acids is 1. The number of urea groups is 1. The van der Waals surface area contributed by atoms with Gasteiger partial charge in [-0.3, -0.25) is 5.32 Å². The molecule has 0 bridgehead atoms. The van der Waals surface area contributed by atoms with Gasteiger partial charge in [-0.05, 0) is 62.1 Å². The molecule has 9 heteroatoms. The van der Waals surface area contributed by atoms with Crippen molar-refractivity contribution in [2.45, 2.75) is 72.1 Å². The van der Waals surface area contributed by atoms with E-state index in [4.69, 9.17) is 14.6 Å². The van der Waals surface area contributed by atoms with Crippen LogP contribution in [0.2, 0.25) is 0 Å². The highest BCUT2D eigenvalue weighted by molar-refractivity contribution is 6.07. The highest BCUT2D eigenvalue weighted by Crippen LogP contribution is 2.33. The van der Waals surface area contributed by atoms with Gasteiger partial charge in [-0.15, -0.1) is 0 Å². The molecule has 3 N–H and O–H groups in total. The van der Waals surface area contributed by atoms with E-state index in [0.717, 1.165) is 45.7 Å². The van der Waals surface area contributed by atoms with E-state index in [-0.39, 0.29) is 23.6 Å². The van der Waals surface area contributed by atoms with Crippen LogP contribution in [0.3, 0.4) is 0 Å².